The van der Waals surface area contributed by atoms with E-state index in [0.29, 0.717) is 5.82 Å². The van der Waals surface area contributed by atoms with E-state index in [2.05, 4.69) is 26.3 Å². The fourth-order valence-corrected chi connectivity index (χ4v) is 2.97. The first-order chi connectivity index (χ1) is 12.4. The van der Waals surface area contributed by atoms with Gasteiger partial charge in [0.05, 0.1) is 10.6 Å². The van der Waals surface area contributed by atoms with E-state index >= 15 is 0 Å². The Kier molecular flexibility index (Phi) is 4.85. The molecule has 8 heteroatoms. The third kappa shape index (κ3) is 3.50. The molecule has 0 unspecified atom stereocenters. The molecule has 0 fully saturated rings. The van der Waals surface area contributed by atoms with Crippen LogP contribution < -0.4 is 5.32 Å². The molecule has 7 nitrogen and oxygen atoms in total. The van der Waals surface area contributed by atoms with Gasteiger partial charge in [-0.1, -0.05) is 34.1 Å². The van der Waals surface area contributed by atoms with Crippen LogP contribution in [-0.4, -0.2) is 20.6 Å². The molecule has 1 amide bonds. The van der Waals surface area contributed by atoms with E-state index in [-0.39, 0.29) is 11.3 Å². The summed E-state index contributed by atoms with van der Waals surface area (Å²) in [6.45, 7) is 1.86. The van der Waals surface area contributed by atoms with Crippen LogP contribution in [0.3, 0.4) is 0 Å². The van der Waals surface area contributed by atoms with Crippen molar-refractivity contribution < 1.29 is 9.72 Å². The van der Waals surface area contributed by atoms with Crippen LogP contribution in [0.4, 0.5) is 11.5 Å². The molecule has 0 saturated carbocycles. The first kappa shape index (κ1) is 17.8. The van der Waals surface area contributed by atoms with E-state index in [1.165, 1.54) is 24.3 Å². The Balaban J connectivity index is 1.98. The summed E-state index contributed by atoms with van der Waals surface area (Å²) in [7, 11) is 1.73. The van der Waals surface area contributed by atoms with Gasteiger partial charge in [0.25, 0.3) is 11.6 Å². The van der Waals surface area contributed by atoms with Crippen molar-refractivity contribution in [2.45, 2.75) is 6.92 Å². The highest BCUT2D eigenvalue weighted by Crippen LogP contribution is 2.32. The van der Waals surface area contributed by atoms with E-state index in [1.54, 1.807) is 11.7 Å². The van der Waals surface area contributed by atoms with Gasteiger partial charge in [-0.05, 0) is 30.7 Å². The summed E-state index contributed by atoms with van der Waals surface area (Å²) in [5.41, 5.74) is 2.56. The number of hydrogen-bond donors (Lipinski definition) is 1. The van der Waals surface area contributed by atoms with Gasteiger partial charge in [-0.15, -0.1) is 0 Å². The summed E-state index contributed by atoms with van der Waals surface area (Å²) >= 11 is 3.40. The third-order valence-electron chi connectivity index (χ3n) is 3.91. The Morgan fingerprint density at radius 3 is 2.58 bits per heavy atom. The molecule has 1 aromatic heterocycles. The quantitative estimate of drug-likeness (QED) is 0.508. The number of halogens is 1. The van der Waals surface area contributed by atoms with E-state index in [1.807, 2.05) is 31.2 Å². The van der Waals surface area contributed by atoms with E-state index in [0.717, 1.165) is 21.3 Å². The summed E-state index contributed by atoms with van der Waals surface area (Å²) in [6.07, 6.45) is 0. The van der Waals surface area contributed by atoms with Crippen molar-refractivity contribution in [3.05, 3.63) is 74.4 Å². The molecule has 1 N–H and O–H groups in total. The minimum absolute atomic E-state index is 0.132. The number of benzene rings is 2. The van der Waals surface area contributed by atoms with Crippen molar-refractivity contribution in [1.29, 1.82) is 0 Å². The number of nitrogens with one attached hydrogen (secondary N) is 1. The molecule has 0 aliphatic carbocycles. The van der Waals surface area contributed by atoms with Gasteiger partial charge in [-0.25, -0.2) is 0 Å². The minimum atomic E-state index is -0.530. The number of nitro benzene ring substituents is 1. The number of hydrogen-bond acceptors (Lipinski definition) is 4. The van der Waals surface area contributed by atoms with Crippen LogP contribution in [0.25, 0.3) is 11.1 Å². The van der Waals surface area contributed by atoms with Gasteiger partial charge in [-0.3, -0.25) is 19.6 Å². The highest BCUT2D eigenvalue weighted by atomic mass is 79.9. The molecule has 0 saturated heterocycles. The lowest BCUT2D eigenvalue weighted by Gasteiger charge is -2.09. The number of non-ortho nitro benzene ring substituents is 1. The lowest BCUT2D eigenvalue weighted by atomic mass is 10.1. The van der Waals surface area contributed by atoms with E-state index < -0.39 is 10.8 Å². The number of nitrogens with zero attached hydrogens (tertiary/aromatic N) is 3. The van der Waals surface area contributed by atoms with Crippen LogP contribution in [0, 0.1) is 17.0 Å². The minimum Gasteiger partial charge on any atom is -0.306 e. The van der Waals surface area contributed by atoms with Crippen LogP contribution >= 0.6 is 15.9 Å². The van der Waals surface area contributed by atoms with Gasteiger partial charge < -0.3 is 5.32 Å². The Labute approximate surface area is 157 Å². The third-order valence-corrected chi connectivity index (χ3v) is 4.43. The van der Waals surface area contributed by atoms with Gasteiger partial charge in [0.1, 0.15) is 5.82 Å². The first-order valence-electron chi connectivity index (χ1n) is 7.72. The normalized spacial score (nSPS) is 10.6. The number of anilines is 1. The molecular formula is C18H15BrN4O3. The van der Waals surface area contributed by atoms with Crippen molar-refractivity contribution in [2.75, 3.05) is 5.32 Å². The highest BCUT2D eigenvalue weighted by molar-refractivity contribution is 9.10. The van der Waals surface area contributed by atoms with Crippen LogP contribution in [0.1, 0.15) is 16.1 Å². The van der Waals surface area contributed by atoms with E-state index in [4.69, 9.17) is 0 Å². The molecule has 0 bridgehead atoms. The zero-order valence-corrected chi connectivity index (χ0v) is 15.6. The monoisotopic (exact) mass is 414 g/mol. The molecule has 3 rings (SSSR count). The fraction of sp³-hybridized carbons (Fsp3) is 0.111. The van der Waals surface area contributed by atoms with Crippen molar-refractivity contribution in [3.8, 4) is 11.1 Å². The molecule has 2 aromatic carbocycles. The Bertz CT molecular complexity index is 996. The number of carbonyl (C=O) groups is 1. The topological polar surface area (TPSA) is 90.1 Å². The molecule has 3 aromatic rings. The zero-order chi connectivity index (χ0) is 18.8. The molecule has 132 valence electrons. The van der Waals surface area contributed by atoms with Gasteiger partial charge in [0.2, 0.25) is 0 Å². The maximum Gasteiger partial charge on any atom is 0.270 e. The molecule has 26 heavy (non-hydrogen) atoms. The van der Waals surface area contributed by atoms with Crippen molar-refractivity contribution in [3.63, 3.8) is 0 Å². The number of rotatable bonds is 4. The Morgan fingerprint density at radius 2 is 1.92 bits per heavy atom. The summed E-state index contributed by atoms with van der Waals surface area (Å²) in [5.74, 6) is 0.0939. The first-order valence-corrected chi connectivity index (χ1v) is 8.51. The van der Waals surface area contributed by atoms with Gasteiger partial charge in [0.15, 0.2) is 0 Å². The number of carbonyl (C=O) groups excluding carboxylic acids is 1. The smallest absolute Gasteiger partial charge is 0.270 e. The second-order valence-corrected chi connectivity index (χ2v) is 6.62. The van der Waals surface area contributed by atoms with Crippen molar-refractivity contribution in [1.82, 2.24) is 9.78 Å². The molecular weight excluding hydrogens is 400 g/mol. The summed E-state index contributed by atoms with van der Waals surface area (Å²) in [6, 6.07) is 13.3. The van der Waals surface area contributed by atoms with Gasteiger partial charge in [0, 0.05) is 34.8 Å². The average molecular weight is 415 g/mol. The summed E-state index contributed by atoms with van der Waals surface area (Å²) < 4.78 is 2.53. The number of nitro groups is 1. The van der Waals surface area contributed by atoms with E-state index in [9.17, 15) is 14.9 Å². The SMILES string of the molecule is Cc1nn(C)c(NC(=O)c2cccc([N+](=O)[O-])c2)c1-c1ccc(Br)cc1. The molecule has 0 spiro atoms. The molecule has 1 heterocycles. The number of aromatic nitrogens is 2. The predicted octanol–water partition coefficient (Wildman–Crippen LogP) is 4.32. The standard InChI is InChI=1S/C18H15BrN4O3/c1-11-16(12-6-8-14(19)9-7-12)17(22(2)21-11)20-18(24)13-4-3-5-15(10-13)23(25)26/h3-10H,1-2H3,(H,20,24). The summed E-state index contributed by atoms with van der Waals surface area (Å²) in [5, 5.41) is 18.1. The van der Waals surface area contributed by atoms with Gasteiger partial charge >= 0.3 is 0 Å². The molecule has 0 aliphatic rings. The Morgan fingerprint density at radius 1 is 1.23 bits per heavy atom. The maximum absolute atomic E-state index is 12.6. The largest absolute Gasteiger partial charge is 0.306 e. The second-order valence-electron chi connectivity index (χ2n) is 5.70. The lowest BCUT2D eigenvalue weighted by Crippen LogP contribution is -2.15. The molecule has 0 radical (unpaired) electrons. The average Bonchev–Trinajstić information content (AvgIpc) is 2.89. The molecule has 0 aliphatic heterocycles. The fourth-order valence-electron chi connectivity index (χ4n) is 2.70. The number of amides is 1. The maximum atomic E-state index is 12.6. The Hall–Kier alpha value is -3.00. The second kappa shape index (κ2) is 7.09. The number of aryl methyl sites for hydroxylation is 2. The zero-order valence-electron chi connectivity index (χ0n) is 14.1. The van der Waals surface area contributed by atoms with Crippen molar-refractivity contribution in [2.24, 2.45) is 7.05 Å². The van der Waals surface area contributed by atoms with Crippen LogP contribution in [0.15, 0.2) is 53.0 Å². The van der Waals surface area contributed by atoms with Crippen molar-refractivity contribution >= 4 is 33.3 Å². The van der Waals surface area contributed by atoms with Crippen LogP contribution in [0.5, 0.6) is 0 Å². The van der Waals surface area contributed by atoms with Gasteiger partial charge in [-0.2, -0.15) is 5.10 Å². The van der Waals surface area contributed by atoms with Crippen LogP contribution in [-0.2, 0) is 7.05 Å². The molecule has 0 atom stereocenters. The highest BCUT2D eigenvalue weighted by Gasteiger charge is 2.19. The predicted molar refractivity (Wildman–Crippen MR) is 102 cm³/mol. The van der Waals surface area contributed by atoms with Crippen LogP contribution in [0.2, 0.25) is 0 Å². The summed E-state index contributed by atoms with van der Waals surface area (Å²) in [4.78, 5) is 23.0. The lowest BCUT2D eigenvalue weighted by molar-refractivity contribution is -0.384.